The van der Waals surface area contributed by atoms with E-state index in [1.165, 1.54) is 0 Å². The summed E-state index contributed by atoms with van der Waals surface area (Å²) in [6, 6.07) is 8.25. The number of Topliss-reactive ketones (excluding diaryl/α,β-unsaturated/α-hetero) is 1. The molecule has 0 aliphatic carbocycles. The SMILES string of the molecule is O=C(CCc1ccccn1)c1cc(F)cc(F)c1. The van der Waals surface area contributed by atoms with Gasteiger partial charge in [-0.1, -0.05) is 6.07 Å². The molecule has 18 heavy (non-hydrogen) atoms. The summed E-state index contributed by atoms with van der Waals surface area (Å²) < 4.78 is 25.9. The standard InChI is InChI=1S/C14H11F2NO/c15-11-7-10(8-12(16)9-11)14(18)5-4-13-3-1-2-6-17-13/h1-3,6-9H,4-5H2. The summed E-state index contributed by atoms with van der Waals surface area (Å²) in [5.74, 6) is -1.77. The highest BCUT2D eigenvalue weighted by atomic mass is 19.1. The number of carbonyl (C=O) groups is 1. The fourth-order valence-corrected chi connectivity index (χ4v) is 1.65. The van der Waals surface area contributed by atoms with Crippen LogP contribution in [-0.2, 0) is 6.42 Å². The Morgan fingerprint density at radius 1 is 1.11 bits per heavy atom. The molecular formula is C14H11F2NO. The summed E-state index contributed by atoms with van der Waals surface area (Å²) in [5.41, 5.74) is 0.839. The Bertz CT molecular complexity index is 535. The van der Waals surface area contributed by atoms with Gasteiger partial charge in [-0.3, -0.25) is 9.78 Å². The molecule has 92 valence electrons. The summed E-state index contributed by atoms with van der Waals surface area (Å²) in [4.78, 5) is 15.8. The van der Waals surface area contributed by atoms with Crippen molar-refractivity contribution in [2.24, 2.45) is 0 Å². The molecule has 0 radical (unpaired) electrons. The Morgan fingerprint density at radius 2 is 1.83 bits per heavy atom. The highest BCUT2D eigenvalue weighted by Gasteiger charge is 2.09. The highest BCUT2D eigenvalue weighted by Crippen LogP contribution is 2.11. The van der Waals surface area contributed by atoms with E-state index in [9.17, 15) is 13.6 Å². The van der Waals surface area contributed by atoms with Crippen LogP contribution in [0.5, 0.6) is 0 Å². The molecule has 1 aromatic carbocycles. The van der Waals surface area contributed by atoms with Crippen LogP contribution in [0.25, 0.3) is 0 Å². The molecule has 0 saturated heterocycles. The lowest BCUT2D eigenvalue weighted by molar-refractivity contribution is 0.0981. The van der Waals surface area contributed by atoms with Gasteiger partial charge in [0.05, 0.1) is 0 Å². The van der Waals surface area contributed by atoms with Crippen molar-refractivity contribution in [3.05, 3.63) is 65.5 Å². The second kappa shape index (κ2) is 5.49. The number of ketones is 1. The summed E-state index contributed by atoms with van der Waals surface area (Å²) in [6.45, 7) is 0. The average Bonchev–Trinajstić information content (AvgIpc) is 2.36. The number of pyridine rings is 1. The largest absolute Gasteiger partial charge is 0.294 e. The predicted octanol–water partition coefficient (Wildman–Crippen LogP) is 3.18. The van der Waals surface area contributed by atoms with E-state index in [1.54, 1.807) is 18.3 Å². The number of carbonyl (C=O) groups excluding carboxylic acids is 1. The zero-order valence-corrected chi connectivity index (χ0v) is 9.57. The van der Waals surface area contributed by atoms with Crippen molar-refractivity contribution in [3.63, 3.8) is 0 Å². The number of rotatable bonds is 4. The Labute approximate surface area is 103 Å². The molecule has 1 heterocycles. The molecule has 0 spiro atoms. The van der Waals surface area contributed by atoms with Gasteiger partial charge < -0.3 is 0 Å². The van der Waals surface area contributed by atoms with Crippen molar-refractivity contribution in [2.75, 3.05) is 0 Å². The molecule has 4 heteroatoms. The Hall–Kier alpha value is -2.10. The van der Waals surface area contributed by atoms with Crippen molar-refractivity contribution >= 4 is 5.78 Å². The molecule has 0 saturated carbocycles. The maximum absolute atomic E-state index is 12.9. The molecule has 1 aromatic heterocycles. The monoisotopic (exact) mass is 247 g/mol. The molecule has 0 N–H and O–H groups in total. The zero-order chi connectivity index (χ0) is 13.0. The Balaban J connectivity index is 2.04. The maximum atomic E-state index is 12.9. The minimum atomic E-state index is -0.740. The maximum Gasteiger partial charge on any atom is 0.163 e. The summed E-state index contributed by atoms with van der Waals surface area (Å²) in [7, 11) is 0. The number of halogens is 2. The molecule has 0 aliphatic rings. The quantitative estimate of drug-likeness (QED) is 0.777. The Morgan fingerprint density at radius 3 is 2.44 bits per heavy atom. The van der Waals surface area contributed by atoms with Crippen molar-refractivity contribution in [2.45, 2.75) is 12.8 Å². The van der Waals surface area contributed by atoms with Gasteiger partial charge in [-0.25, -0.2) is 8.78 Å². The van der Waals surface area contributed by atoms with Gasteiger partial charge in [0.1, 0.15) is 11.6 Å². The van der Waals surface area contributed by atoms with Crippen LogP contribution in [0.3, 0.4) is 0 Å². The average molecular weight is 247 g/mol. The van der Waals surface area contributed by atoms with Gasteiger partial charge in [-0.2, -0.15) is 0 Å². The number of hydrogen-bond acceptors (Lipinski definition) is 2. The third kappa shape index (κ3) is 3.20. The molecule has 2 nitrogen and oxygen atoms in total. The lowest BCUT2D eigenvalue weighted by atomic mass is 10.0. The van der Waals surface area contributed by atoms with Gasteiger partial charge in [0.15, 0.2) is 5.78 Å². The van der Waals surface area contributed by atoms with E-state index in [1.807, 2.05) is 6.07 Å². The fraction of sp³-hybridized carbons (Fsp3) is 0.143. The molecule has 0 aliphatic heterocycles. The fourth-order valence-electron chi connectivity index (χ4n) is 1.65. The molecular weight excluding hydrogens is 236 g/mol. The molecule has 0 amide bonds. The second-order valence-corrected chi connectivity index (χ2v) is 3.90. The van der Waals surface area contributed by atoms with E-state index in [4.69, 9.17) is 0 Å². The normalized spacial score (nSPS) is 10.3. The van der Waals surface area contributed by atoms with Crippen LogP contribution in [0.4, 0.5) is 8.78 Å². The second-order valence-electron chi connectivity index (χ2n) is 3.90. The lowest BCUT2D eigenvalue weighted by Crippen LogP contribution is -2.03. The number of hydrogen-bond donors (Lipinski definition) is 0. The number of benzene rings is 1. The molecule has 2 aromatic rings. The van der Waals surface area contributed by atoms with Crippen molar-refractivity contribution in [1.82, 2.24) is 4.98 Å². The lowest BCUT2D eigenvalue weighted by Gasteiger charge is -2.02. The van der Waals surface area contributed by atoms with Crippen LogP contribution in [0.1, 0.15) is 22.5 Å². The molecule has 0 unspecified atom stereocenters. The van der Waals surface area contributed by atoms with Crippen LogP contribution < -0.4 is 0 Å². The zero-order valence-electron chi connectivity index (χ0n) is 9.57. The number of aromatic nitrogens is 1. The van der Waals surface area contributed by atoms with E-state index in [0.29, 0.717) is 6.42 Å². The first-order valence-corrected chi connectivity index (χ1v) is 5.54. The van der Waals surface area contributed by atoms with Crippen LogP contribution in [-0.4, -0.2) is 10.8 Å². The Kier molecular flexibility index (Phi) is 3.77. The van der Waals surface area contributed by atoms with Gasteiger partial charge in [0.25, 0.3) is 0 Å². The first kappa shape index (κ1) is 12.4. The molecule has 0 bridgehead atoms. The van der Waals surface area contributed by atoms with E-state index in [-0.39, 0.29) is 17.8 Å². The van der Waals surface area contributed by atoms with Gasteiger partial charge in [0.2, 0.25) is 0 Å². The first-order chi connectivity index (χ1) is 8.65. The first-order valence-electron chi connectivity index (χ1n) is 5.54. The van der Waals surface area contributed by atoms with Crippen molar-refractivity contribution < 1.29 is 13.6 Å². The minimum absolute atomic E-state index is 0.0587. The van der Waals surface area contributed by atoms with Gasteiger partial charge in [-0.15, -0.1) is 0 Å². The van der Waals surface area contributed by atoms with Crippen LogP contribution in [0.2, 0.25) is 0 Å². The molecule has 0 atom stereocenters. The summed E-state index contributed by atoms with van der Waals surface area (Å²) in [5, 5.41) is 0. The van der Waals surface area contributed by atoms with Crippen LogP contribution in [0.15, 0.2) is 42.6 Å². The third-order valence-corrected chi connectivity index (χ3v) is 2.52. The van der Waals surface area contributed by atoms with E-state index >= 15 is 0 Å². The number of aryl methyl sites for hydroxylation is 1. The summed E-state index contributed by atoms with van der Waals surface area (Å²) >= 11 is 0. The molecule has 0 fully saturated rings. The highest BCUT2D eigenvalue weighted by molar-refractivity contribution is 5.96. The van der Waals surface area contributed by atoms with Crippen molar-refractivity contribution in [1.29, 1.82) is 0 Å². The predicted molar refractivity (Wildman–Crippen MR) is 63.2 cm³/mol. The van der Waals surface area contributed by atoms with E-state index < -0.39 is 11.6 Å². The van der Waals surface area contributed by atoms with Crippen LogP contribution in [0, 0.1) is 11.6 Å². The van der Waals surface area contributed by atoms with Gasteiger partial charge in [-0.05, 0) is 30.7 Å². The minimum Gasteiger partial charge on any atom is -0.294 e. The van der Waals surface area contributed by atoms with Gasteiger partial charge >= 0.3 is 0 Å². The third-order valence-electron chi connectivity index (χ3n) is 2.52. The van der Waals surface area contributed by atoms with E-state index in [2.05, 4.69) is 4.98 Å². The van der Waals surface area contributed by atoms with Gasteiger partial charge in [0, 0.05) is 29.9 Å². The van der Waals surface area contributed by atoms with E-state index in [0.717, 1.165) is 23.9 Å². The summed E-state index contributed by atoms with van der Waals surface area (Å²) in [6.07, 6.45) is 2.28. The van der Waals surface area contributed by atoms with Crippen molar-refractivity contribution in [3.8, 4) is 0 Å². The topological polar surface area (TPSA) is 30.0 Å². The number of nitrogens with zero attached hydrogens (tertiary/aromatic N) is 1. The smallest absolute Gasteiger partial charge is 0.163 e. The van der Waals surface area contributed by atoms with Crippen LogP contribution >= 0.6 is 0 Å². The molecule has 2 rings (SSSR count).